The number of aliphatic hydroxyl groups is 1. The first-order valence-electron chi connectivity index (χ1n) is 6.40. The zero-order chi connectivity index (χ0) is 14.4. The molecule has 0 saturated heterocycles. The molecule has 106 valence electrons. The molecule has 2 aromatic carbocycles. The molecule has 0 saturated carbocycles. The van der Waals surface area contributed by atoms with Crippen LogP contribution in [0.25, 0.3) is 0 Å². The highest BCUT2D eigenvalue weighted by molar-refractivity contribution is 8.00. The highest BCUT2D eigenvalue weighted by atomic mass is 32.2. The van der Waals surface area contributed by atoms with Crippen molar-refractivity contribution in [2.24, 2.45) is 0 Å². The van der Waals surface area contributed by atoms with Crippen LogP contribution in [-0.2, 0) is 0 Å². The summed E-state index contributed by atoms with van der Waals surface area (Å²) in [6, 6.07) is 17.1. The van der Waals surface area contributed by atoms with E-state index in [1.165, 1.54) is 19.6 Å². The molecule has 0 bridgehead atoms. The lowest BCUT2D eigenvalue weighted by Crippen LogP contribution is -2.01. The summed E-state index contributed by atoms with van der Waals surface area (Å²) < 4.78 is 0. The molecule has 0 amide bonds. The summed E-state index contributed by atoms with van der Waals surface area (Å²) in [7, 11) is 0. The van der Waals surface area contributed by atoms with E-state index >= 15 is 0 Å². The van der Waals surface area contributed by atoms with E-state index in [-0.39, 0.29) is 6.10 Å². The normalized spacial score (nSPS) is 12.3. The SMILES string of the molecule is CSc1ccc(Sc2ccc(SC[C@H](C)O)cc2)cc1. The number of hydrogen-bond acceptors (Lipinski definition) is 4. The van der Waals surface area contributed by atoms with Gasteiger partial charge >= 0.3 is 0 Å². The molecular weight excluding hydrogens is 304 g/mol. The standard InChI is InChI=1S/C16H18OS3/c1-12(17)11-19-14-5-9-16(10-6-14)20-15-7-3-13(18-2)4-8-15/h3-10,12,17H,11H2,1-2H3/t12-/m0/s1. The Hall–Kier alpha value is -0.550. The van der Waals surface area contributed by atoms with Crippen LogP contribution in [0.5, 0.6) is 0 Å². The van der Waals surface area contributed by atoms with E-state index in [9.17, 15) is 5.11 Å². The Morgan fingerprint density at radius 2 is 1.30 bits per heavy atom. The van der Waals surface area contributed by atoms with Crippen molar-refractivity contribution in [3.05, 3.63) is 48.5 Å². The quantitative estimate of drug-likeness (QED) is 0.752. The van der Waals surface area contributed by atoms with E-state index in [1.807, 2.05) is 6.92 Å². The largest absolute Gasteiger partial charge is 0.393 e. The third-order valence-corrected chi connectivity index (χ3v) is 5.62. The lowest BCUT2D eigenvalue weighted by Gasteiger charge is -2.06. The topological polar surface area (TPSA) is 20.2 Å². The Morgan fingerprint density at radius 1 is 0.850 bits per heavy atom. The molecule has 0 unspecified atom stereocenters. The zero-order valence-electron chi connectivity index (χ0n) is 11.6. The maximum atomic E-state index is 9.28. The first-order chi connectivity index (χ1) is 9.67. The van der Waals surface area contributed by atoms with Crippen molar-refractivity contribution >= 4 is 35.3 Å². The van der Waals surface area contributed by atoms with Gasteiger partial charge in [0.25, 0.3) is 0 Å². The molecule has 0 spiro atoms. The van der Waals surface area contributed by atoms with Gasteiger partial charge in [-0.25, -0.2) is 0 Å². The number of aliphatic hydroxyl groups excluding tert-OH is 1. The van der Waals surface area contributed by atoms with Gasteiger partial charge in [0, 0.05) is 25.3 Å². The molecule has 4 heteroatoms. The van der Waals surface area contributed by atoms with Crippen LogP contribution in [0.3, 0.4) is 0 Å². The van der Waals surface area contributed by atoms with E-state index in [2.05, 4.69) is 54.8 Å². The molecule has 1 atom stereocenters. The predicted octanol–water partition coefficient (Wildman–Crippen LogP) is 5.03. The fraction of sp³-hybridized carbons (Fsp3) is 0.250. The molecule has 1 N–H and O–H groups in total. The summed E-state index contributed by atoms with van der Waals surface area (Å²) in [6.45, 7) is 1.81. The predicted molar refractivity (Wildman–Crippen MR) is 91.2 cm³/mol. The summed E-state index contributed by atoms with van der Waals surface area (Å²) in [5, 5.41) is 9.28. The van der Waals surface area contributed by atoms with Gasteiger partial charge in [-0.05, 0) is 61.7 Å². The van der Waals surface area contributed by atoms with Gasteiger partial charge in [0.15, 0.2) is 0 Å². The number of hydrogen-bond donors (Lipinski definition) is 1. The Labute approximate surface area is 133 Å². The Morgan fingerprint density at radius 3 is 1.75 bits per heavy atom. The van der Waals surface area contributed by atoms with E-state index in [0.717, 1.165) is 5.75 Å². The molecule has 2 aromatic rings. The van der Waals surface area contributed by atoms with Gasteiger partial charge in [0.05, 0.1) is 6.10 Å². The van der Waals surface area contributed by atoms with Crippen molar-refractivity contribution in [3.8, 4) is 0 Å². The third-order valence-electron chi connectivity index (χ3n) is 2.61. The maximum absolute atomic E-state index is 9.28. The van der Waals surface area contributed by atoms with Crippen LogP contribution >= 0.6 is 35.3 Å². The molecule has 0 aliphatic carbocycles. The number of benzene rings is 2. The smallest absolute Gasteiger partial charge is 0.0606 e. The van der Waals surface area contributed by atoms with Crippen molar-refractivity contribution in [1.29, 1.82) is 0 Å². The van der Waals surface area contributed by atoms with E-state index in [0.29, 0.717) is 0 Å². The monoisotopic (exact) mass is 322 g/mol. The van der Waals surface area contributed by atoms with E-state index in [1.54, 1.807) is 35.3 Å². The lowest BCUT2D eigenvalue weighted by atomic mass is 10.4. The van der Waals surface area contributed by atoms with E-state index < -0.39 is 0 Å². The van der Waals surface area contributed by atoms with Crippen molar-refractivity contribution in [1.82, 2.24) is 0 Å². The first-order valence-corrected chi connectivity index (χ1v) is 9.43. The highest BCUT2D eigenvalue weighted by Crippen LogP contribution is 2.30. The summed E-state index contributed by atoms with van der Waals surface area (Å²) >= 11 is 5.22. The molecule has 0 aliphatic rings. The third kappa shape index (κ3) is 5.09. The van der Waals surface area contributed by atoms with Crippen LogP contribution in [0.1, 0.15) is 6.92 Å². The molecule has 0 fully saturated rings. The fourth-order valence-electron chi connectivity index (χ4n) is 1.60. The second kappa shape index (κ2) is 8.03. The zero-order valence-corrected chi connectivity index (χ0v) is 14.0. The minimum atomic E-state index is -0.260. The average molecular weight is 323 g/mol. The van der Waals surface area contributed by atoms with Gasteiger partial charge in [0.2, 0.25) is 0 Å². The number of rotatable bonds is 6. The molecule has 2 rings (SSSR count). The van der Waals surface area contributed by atoms with Crippen LogP contribution in [0.15, 0.2) is 68.1 Å². The Bertz CT molecular complexity index is 520. The molecule has 0 radical (unpaired) electrons. The molecule has 0 heterocycles. The minimum absolute atomic E-state index is 0.260. The summed E-state index contributed by atoms with van der Waals surface area (Å²) in [4.78, 5) is 4.99. The summed E-state index contributed by atoms with van der Waals surface area (Å²) in [5.41, 5.74) is 0. The molecule has 20 heavy (non-hydrogen) atoms. The van der Waals surface area contributed by atoms with Crippen molar-refractivity contribution in [2.75, 3.05) is 12.0 Å². The maximum Gasteiger partial charge on any atom is 0.0606 e. The minimum Gasteiger partial charge on any atom is -0.393 e. The Kier molecular flexibility index (Phi) is 6.36. The Balaban J connectivity index is 1.95. The fourth-order valence-corrected chi connectivity index (χ4v) is 3.59. The molecule has 0 aliphatic heterocycles. The molecular formula is C16H18OS3. The van der Waals surface area contributed by atoms with Gasteiger partial charge in [0.1, 0.15) is 0 Å². The first kappa shape index (κ1) is 15.8. The van der Waals surface area contributed by atoms with Gasteiger partial charge in [-0.2, -0.15) is 0 Å². The van der Waals surface area contributed by atoms with Crippen LogP contribution in [0.2, 0.25) is 0 Å². The second-order valence-corrected chi connectivity index (χ2v) is 7.53. The van der Waals surface area contributed by atoms with Gasteiger partial charge in [-0.1, -0.05) is 11.8 Å². The van der Waals surface area contributed by atoms with Crippen molar-refractivity contribution in [2.45, 2.75) is 32.6 Å². The number of thioether (sulfide) groups is 2. The van der Waals surface area contributed by atoms with Gasteiger partial charge < -0.3 is 5.11 Å². The lowest BCUT2D eigenvalue weighted by molar-refractivity contribution is 0.220. The average Bonchev–Trinajstić information content (AvgIpc) is 2.47. The summed E-state index contributed by atoms with van der Waals surface area (Å²) in [6.07, 6.45) is 1.83. The highest BCUT2D eigenvalue weighted by Gasteiger charge is 2.01. The second-order valence-electron chi connectivity index (χ2n) is 4.41. The van der Waals surface area contributed by atoms with Crippen LogP contribution in [-0.4, -0.2) is 23.2 Å². The van der Waals surface area contributed by atoms with Crippen LogP contribution in [0, 0.1) is 0 Å². The van der Waals surface area contributed by atoms with E-state index in [4.69, 9.17) is 0 Å². The molecule has 0 aromatic heterocycles. The van der Waals surface area contributed by atoms with Crippen LogP contribution < -0.4 is 0 Å². The van der Waals surface area contributed by atoms with Gasteiger partial charge in [-0.15, -0.1) is 23.5 Å². The van der Waals surface area contributed by atoms with Crippen LogP contribution in [0.4, 0.5) is 0 Å². The van der Waals surface area contributed by atoms with Crippen molar-refractivity contribution in [3.63, 3.8) is 0 Å². The molecule has 1 nitrogen and oxygen atoms in total. The van der Waals surface area contributed by atoms with Crippen molar-refractivity contribution < 1.29 is 5.11 Å². The van der Waals surface area contributed by atoms with Gasteiger partial charge in [-0.3, -0.25) is 0 Å². The summed E-state index contributed by atoms with van der Waals surface area (Å²) in [5.74, 6) is 0.739.